The molecule has 0 amide bonds. The summed E-state index contributed by atoms with van der Waals surface area (Å²) in [7, 11) is 0. The lowest BCUT2D eigenvalue weighted by Gasteiger charge is -2.61. The Hall–Kier alpha value is -1.65. The van der Waals surface area contributed by atoms with Crippen LogP contribution in [0.2, 0.25) is 0 Å². The summed E-state index contributed by atoms with van der Waals surface area (Å²) in [6.07, 6.45) is 8.50. The number of Topliss-reactive ketones (excluding diaryl/α,β-unsaturated/α-hetero) is 1. The standard InChI is InChI=1S/C25H36O5/c1-14(26)19-8-9-20-18-7-6-17-12-22(29-15(2)27)23(30-16(3)28)13-25(17,5)21(18)10-11-24(19,20)4/h8,17-18,20-23H,6-7,9-13H2,1-5H3. The van der Waals surface area contributed by atoms with Crippen LogP contribution in [-0.2, 0) is 23.9 Å². The Labute approximate surface area is 179 Å². The molecule has 0 saturated heterocycles. The Balaban J connectivity index is 1.60. The highest BCUT2D eigenvalue weighted by atomic mass is 16.6. The van der Waals surface area contributed by atoms with Gasteiger partial charge in [0.1, 0.15) is 12.2 Å². The molecule has 30 heavy (non-hydrogen) atoms. The van der Waals surface area contributed by atoms with E-state index in [-0.39, 0.29) is 40.8 Å². The molecule has 5 nitrogen and oxygen atoms in total. The molecule has 4 aliphatic carbocycles. The molecule has 0 spiro atoms. The Kier molecular flexibility index (Phi) is 5.39. The van der Waals surface area contributed by atoms with Gasteiger partial charge in [0.2, 0.25) is 0 Å². The number of hydrogen-bond acceptors (Lipinski definition) is 5. The van der Waals surface area contributed by atoms with E-state index in [9.17, 15) is 14.4 Å². The van der Waals surface area contributed by atoms with E-state index in [1.807, 2.05) is 0 Å². The maximum absolute atomic E-state index is 12.3. The number of hydrogen-bond donors (Lipinski definition) is 0. The lowest BCUT2D eigenvalue weighted by Crippen LogP contribution is -2.57. The monoisotopic (exact) mass is 416 g/mol. The lowest BCUT2D eigenvalue weighted by molar-refractivity contribution is -0.193. The van der Waals surface area contributed by atoms with Crippen molar-refractivity contribution in [2.24, 2.45) is 34.5 Å². The van der Waals surface area contributed by atoms with Crippen LogP contribution in [0.15, 0.2) is 11.6 Å². The molecule has 0 radical (unpaired) electrons. The molecule has 3 saturated carbocycles. The zero-order chi connectivity index (χ0) is 21.8. The van der Waals surface area contributed by atoms with Gasteiger partial charge < -0.3 is 9.47 Å². The minimum Gasteiger partial charge on any atom is -0.459 e. The molecular weight excluding hydrogens is 380 g/mol. The second kappa shape index (κ2) is 7.49. The van der Waals surface area contributed by atoms with Gasteiger partial charge in [0.25, 0.3) is 0 Å². The smallest absolute Gasteiger partial charge is 0.303 e. The molecular formula is C25H36O5. The molecule has 4 aliphatic rings. The number of ketones is 1. The van der Waals surface area contributed by atoms with Gasteiger partial charge in [0.15, 0.2) is 5.78 Å². The molecule has 0 aromatic carbocycles. The summed E-state index contributed by atoms with van der Waals surface area (Å²) in [6.45, 7) is 9.26. The summed E-state index contributed by atoms with van der Waals surface area (Å²) >= 11 is 0. The van der Waals surface area contributed by atoms with Gasteiger partial charge in [-0.25, -0.2) is 0 Å². The quantitative estimate of drug-likeness (QED) is 0.628. The number of allylic oxidation sites excluding steroid dienone is 2. The molecule has 0 aliphatic heterocycles. The van der Waals surface area contributed by atoms with Gasteiger partial charge in [0.05, 0.1) is 0 Å². The van der Waals surface area contributed by atoms with Gasteiger partial charge in [-0.3, -0.25) is 14.4 Å². The molecule has 8 unspecified atom stereocenters. The second-order valence-corrected chi connectivity index (χ2v) is 10.8. The van der Waals surface area contributed by atoms with E-state index < -0.39 is 0 Å². The van der Waals surface area contributed by atoms with Crippen molar-refractivity contribution >= 4 is 17.7 Å². The number of carbonyl (C=O) groups is 3. The number of carbonyl (C=O) groups excluding carboxylic acids is 3. The van der Waals surface area contributed by atoms with Crippen molar-refractivity contribution in [3.05, 3.63) is 11.6 Å². The fourth-order valence-electron chi connectivity index (χ4n) is 8.02. The van der Waals surface area contributed by atoms with Crippen molar-refractivity contribution in [1.29, 1.82) is 0 Å². The summed E-state index contributed by atoms with van der Waals surface area (Å²) < 4.78 is 11.3. The zero-order valence-corrected chi connectivity index (χ0v) is 19.0. The summed E-state index contributed by atoms with van der Waals surface area (Å²) in [6, 6.07) is 0. The third kappa shape index (κ3) is 3.33. The topological polar surface area (TPSA) is 69.7 Å². The molecule has 0 aromatic heterocycles. The van der Waals surface area contributed by atoms with Gasteiger partial charge in [-0.2, -0.15) is 0 Å². The average Bonchev–Trinajstić information content (AvgIpc) is 2.99. The van der Waals surface area contributed by atoms with E-state index >= 15 is 0 Å². The first-order chi connectivity index (χ1) is 14.1. The Morgan fingerprint density at radius 2 is 1.60 bits per heavy atom. The zero-order valence-electron chi connectivity index (χ0n) is 19.0. The van der Waals surface area contributed by atoms with Crippen LogP contribution in [0.5, 0.6) is 0 Å². The lowest BCUT2D eigenvalue weighted by atomic mass is 9.44. The van der Waals surface area contributed by atoms with E-state index in [1.165, 1.54) is 20.3 Å². The van der Waals surface area contributed by atoms with Crippen molar-refractivity contribution in [2.75, 3.05) is 0 Å². The summed E-state index contributed by atoms with van der Waals surface area (Å²) in [5.41, 5.74) is 1.13. The molecule has 0 heterocycles. The van der Waals surface area contributed by atoms with E-state index in [1.54, 1.807) is 6.92 Å². The van der Waals surface area contributed by atoms with Crippen LogP contribution >= 0.6 is 0 Å². The maximum Gasteiger partial charge on any atom is 0.303 e. The molecule has 0 N–H and O–H groups in total. The fraction of sp³-hybridized carbons (Fsp3) is 0.800. The molecule has 0 aromatic rings. The highest BCUT2D eigenvalue weighted by Gasteiger charge is 2.60. The van der Waals surface area contributed by atoms with Crippen LogP contribution in [0.25, 0.3) is 0 Å². The van der Waals surface area contributed by atoms with Crippen LogP contribution in [0, 0.1) is 34.5 Å². The Morgan fingerprint density at radius 3 is 2.23 bits per heavy atom. The number of rotatable bonds is 3. The van der Waals surface area contributed by atoms with E-state index in [4.69, 9.17) is 9.47 Å². The van der Waals surface area contributed by atoms with Crippen LogP contribution < -0.4 is 0 Å². The number of ether oxygens (including phenoxy) is 2. The Bertz CT molecular complexity index is 784. The number of fused-ring (bicyclic) bond motifs is 5. The molecule has 4 rings (SSSR count). The Morgan fingerprint density at radius 1 is 0.933 bits per heavy atom. The minimum absolute atomic E-state index is 0.0143. The average molecular weight is 417 g/mol. The van der Waals surface area contributed by atoms with Crippen LogP contribution in [0.3, 0.4) is 0 Å². The highest BCUT2D eigenvalue weighted by molar-refractivity contribution is 5.95. The molecule has 8 atom stereocenters. The maximum atomic E-state index is 12.3. The largest absolute Gasteiger partial charge is 0.459 e. The first-order valence-corrected chi connectivity index (χ1v) is 11.6. The number of esters is 2. The molecule has 166 valence electrons. The third-order valence-electron chi connectivity index (χ3n) is 9.23. The van der Waals surface area contributed by atoms with Gasteiger partial charge in [-0.15, -0.1) is 0 Å². The van der Waals surface area contributed by atoms with Crippen molar-refractivity contribution in [2.45, 2.75) is 91.8 Å². The molecule has 0 bridgehead atoms. The van der Waals surface area contributed by atoms with Gasteiger partial charge in [0, 0.05) is 13.8 Å². The first-order valence-electron chi connectivity index (χ1n) is 11.6. The van der Waals surface area contributed by atoms with Crippen LogP contribution in [0.1, 0.15) is 79.6 Å². The van der Waals surface area contributed by atoms with Gasteiger partial charge in [-0.05, 0) is 91.9 Å². The van der Waals surface area contributed by atoms with E-state index in [2.05, 4.69) is 19.9 Å². The molecule has 5 heteroatoms. The van der Waals surface area contributed by atoms with Crippen molar-refractivity contribution in [3.8, 4) is 0 Å². The third-order valence-corrected chi connectivity index (χ3v) is 9.23. The summed E-state index contributed by atoms with van der Waals surface area (Å²) in [5, 5.41) is 0. The van der Waals surface area contributed by atoms with Gasteiger partial charge >= 0.3 is 11.9 Å². The summed E-state index contributed by atoms with van der Waals surface area (Å²) in [4.78, 5) is 35.7. The van der Waals surface area contributed by atoms with E-state index in [0.29, 0.717) is 23.7 Å². The SMILES string of the molecule is CC(=O)OC1CC2CCC3C4CC=C(C(C)=O)C4(C)CCC3C2(C)CC1OC(C)=O. The van der Waals surface area contributed by atoms with Crippen LogP contribution in [-0.4, -0.2) is 29.9 Å². The predicted octanol–water partition coefficient (Wildman–Crippen LogP) is 4.63. The minimum atomic E-state index is -0.366. The first kappa shape index (κ1) is 21.6. The van der Waals surface area contributed by atoms with Crippen molar-refractivity contribution in [1.82, 2.24) is 0 Å². The summed E-state index contributed by atoms with van der Waals surface area (Å²) in [5.74, 6) is 1.78. The van der Waals surface area contributed by atoms with Crippen molar-refractivity contribution < 1.29 is 23.9 Å². The normalized spacial score (nSPS) is 44.8. The van der Waals surface area contributed by atoms with Gasteiger partial charge in [-0.1, -0.05) is 19.9 Å². The second-order valence-electron chi connectivity index (χ2n) is 10.8. The fourth-order valence-corrected chi connectivity index (χ4v) is 8.02. The van der Waals surface area contributed by atoms with Crippen LogP contribution in [0.4, 0.5) is 0 Å². The van der Waals surface area contributed by atoms with Crippen molar-refractivity contribution in [3.63, 3.8) is 0 Å². The van der Waals surface area contributed by atoms with E-state index in [0.717, 1.165) is 44.1 Å². The highest BCUT2D eigenvalue weighted by Crippen LogP contribution is 2.66. The molecule has 3 fully saturated rings. The predicted molar refractivity (Wildman–Crippen MR) is 112 cm³/mol.